The maximum Gasteiger partial charge on any atom is 0.264 e. The van der Waals surface area contributed by atoms with Gasteiger partial charge in [-0.3, -0.25) is 14.4 Å². The van der Waals surface area contributed by atoms with Crippen LogP contribution < -0.4 is 24.9 Å². The van der Waals surface area contributed by atoms with Gasteiger partial charge in [0.15, 0.2) is 5.60 Å². The van der Waals surface area contributed by atoms with Gasteiger partial charge < -0.3 is 39.4 Å². The second kappa shape index (κ2) is 17.6. The largest absolute Gasteiger partial charge is 0.497 e. The number of carbonyl (C=O) groups excluding carboxylic acids is 3. The average molecular weight is 851 g/mol. The number of hydrogen-bond acceptors (Lipinski definition) is 7. The molecule has 0 unspecified atom stereocenters. The SMILES string of the molecule is COc1ccc([Si](C)(C)[C@@H]2[C@@H](CC(=O)N(CCO)Cc3ccccc3)O[C@]3(C(=O)N(Cc4ccc(NC(=O)Cc5c[nH]c6ccccc56)cc4)c4ccc(OC)cc43)[C@H]2C)cc1. The normalized spacial score (nSPS) is 19.5. The Kier molecular flexibility index (Phi) is 12.1. The van der Waals surface area contributed by atoms with Crippen LogP contribution in [0.4, 0.5) is 11.4 Å². The number of anilines is 2. The second-order valence-corrected chi connectivity index (χ2v) is 21.6. The van der Waals surface area contributed by atoms with Gasteiger partial charge in [0.25, 0.3) is 5.91 Å². The molecule has 2 aliphatic heterocycles. The summed E-state index contributed by atoms with van der Waals surface area (Å²) in [7, 11) is 0.693. The molecular formula is C50H54N4O7Si. The fourth-order valence-electron chi connectivity index (χ4n) is 9.83. The minimum Gasteiger partial charge on any atom is -0.497 e. The first kappa shape index (κ1) is 42.5. The van der Waals surface area contributed by atoms with Crippen LogP contribution in [0, 0.1) is 5.92 Å². The van der Waals surface area contributed by atoms with Gasteiger partial charge in [-0.25, -0.2) is 0 Å². The zero-order valence-corrected chi connectivity index (χ0v) is 36.9. The zero-order valence-electron chi connectivity index (χ0n) is 35.9. The number of para-hydroxylation sites is 1. The van der Waals surface area contributed by atoms with E-state index in [9.17, 15) is 14.7 Å². The van der Waals surface area contributed by atoms with Gasteiger partial charge in [-0.15, -0.1) is 0 Å². The van der Waals surface area contributed by atoms with E-state index in [0.29, 0.717) is 23.5 Å². The number of aromatic amines is 1. The number of aliphatic hydroxyl groups is 1. The van der Waals surface area contributed by atoms with Crippen molar-refractivity contribution in [3.63, 3.8) is 0 Å². The monoisotopic (exact) mass is 850 g/mol. The summed E-state index contributed by atoms with van der Waals surface area (Å²) in [4.78, 5) is 49.7. The Bertz CT molecular complexity index is 2560. The highest BCUT2D eigenvalue weighted by atomic mass is 28.3. The third-order valence-corrected chi connectivity index (χ3v) is 17.3. The minimum absolute atomic E-state index is 0.0379. The number of fused-ring (bicyclic) bond motifs is 3. The van der Waals surface area contributed by atoms with Crippen LogP contribution in [0.2, 0.25) is 18.6 Å². The number of nitrogens with zero attached hydrogens (tertiary/aromatic N) is 2. The standard InChI is InChI=1S/C50H54N4O7Si/c1-33-48(62(4,5)40-22-19-38(59-2)20-23-40)45(29-47(57)53(25-26-55)31-34-11-7-6-8-12-34)61-50(33)42-28-39(60-3)21-24-44(42)54(49(50)58)32-35-15-17-37(18-16-35)52-46(56)27-36-30-51-43-14-10-9-13-41(36)43/h6-24,28,30,33,45,48,51,55H,25-27,29,31-32H2,1-5H3,(H,52,56)/t33-,45+,48-,50+/m0/s1. The number of carbonyl (C=O) groups is 3. The lowest BCUT2D eigenvalue weighted by Crippen LogP contribution is -2.52. The van der Waals surface area contributed by atoms with E-state index in [2.05, 4.69) is 42.5 Å². The predicted octanol–water partition coefficient (Wildman–Crippen LogP) is 7.54. The van der Waals surface area contributed by atoms with Gasteiger partial charge in [-0.2, -0.15) is 0 Å². The van der Waals surface area contributed by atoms with Crippen molar-refractivity contribution in [2.75, 3.05) is 37.6 Å². The number of ether oxygens (including phenoxy) is 3. The summed E-state index contributed by atoms with van der Waals surface area (Å²) in [5, 5.41) is 15.3. The van der Waals surface area contributed by atoms with Gasteiger partial charge in [0.2, 0.25) is 11.8 Å². The summed E-state index contributed by atoms with van der Waals surface area (Å²) < 4.78 is 18.5. The van der Waals surface area contributed by atoms with Crippen molar-refractivity contribution in [3.8, 4) is 11.5 Å². The van der Waals surface area contributed by atoms with E-state index in [1.54, 1.807) is 24.0 Å². The van der Waals surface area contributed by atoms with Crippen molar-refractivity contribution in [1.29, 1.82) is 0 Å². The molecule has 3 heterocycles. The maximum atomic E-state index is 15.4. The summed E-state index contributed by atoms with van der Waals surface area (Å²) in [6.45, 7) is 7.27. The van der Waals surface area contributed by atoms with E-state index < -0.39 is 19.8 Å². The molecule has 12 heteroatoms. The predicted molar refractivity (Wildman–Crippen MR) is 244 cm³/mol. The molecule has 1 spiro atoms. The Morgan fingerprint density at radius 2 is 1.58 bits per heavy atom. The highest BCUT2D eigenvalue weighted by molar-refractivity contribution is 6.91. The third kappa shape index (κ3) is 8.01. The minimum atomic E-state index is -2.56. The number of H-pyrrole nitrogens is 1. The number of benzene rings is 5. The molecule has 0 aliphatic carbocycles. The molecule has 1 saturated heterocycles. The van der Waals surface area contributed by atoms with Crippen molar-refractivity contribution >= 4 is 53.3 Å². The van der Waals surface area contributed by atoms with Crippen molar-refractivity contribution in [2.24, 2.45) is 5.92 Å². The van der Waals surface area contributed by atoms with Crippen molar-refractivity contribution < 1.29 is 33.7 Å². The fourth-order valence-corrected chi connectivity index (χ4v) is 13.8. The van der Waals surface area contributed by atoms with Gasteiger partial charge in [0, 0.05) is 47.4 Å². The molecule has 3 amide bonds. The van der Waals surface area contributed by atoms with Gasteiger partial charge in [-0.1, -0.05) is 98.0 Å². The molecule has 8 rings (SSSR count). The summed E-state index contributed by atoms with van der Waals surface area (Å²) in [6.07, 6.45) is 1.52. The van der Waals surface area contributed by atoms with E-state index >= 15 is 4.79 Å². The van der Waals surface area contributed by atoms with E-state index in [1.165, 1.54) is 0 Å². The maximum absolute atomic E-state index is 15.4. The van der Waals surface area contributed by atoms with Crippen LogP contribution in [-0.4, -0.2) is 74.3 Å². The van der Waals surface area contributed by atoms with E-state index in [4.69, 9.17) is 14.2 Å². The van der Waals surface area contributed by atoms with Gasteiger partial charge >= 0.3 is 0 Å². The van der Waals surface area contributed by atoms with Gasteiger partial charge in [-0.05, 0) is 70.8 Å². The highest BCUT2D eigenvalue weighted by Crippen LogP contribution is 2.60. The number of amides is 3. The van der Waals surface area contributed by atoms with Crippen LogP contribution in [0.15, 0.2) is 128 Å². The highest BCUT2D eigenvalue weighted by Gasteiger charge is 2.66. The molecule has 6 aromatic rings. The molecule has 0 bridgehead atoms. The Morgan fingerprint density at radius 3 is 2.29 bits per heavy atom. The molecule has 2 aliphatic rings. The lowest BCUT2D eigenvalue weighted by atomic mass is 9.82. The first-order valence-corrected chi connectivity index (χ1v) is 24.2. The topological polar surface area (TPSA) is 133 Å². The molecule has 4 atom stereocenters. The molecule has 3 N–H and O–H groups in total. The Morgan fingerprint density at radius 1 is 0.887 bits per heavy atom. The number of nitrogens with one attached hydrogen (secondary N) is 2. The number of aliphatic hydroxyl groups excluding tert-OH is 1. The summed E-state index contributed by atoms with van der Waals surface area (Å²) in [5.41, 5.74) is 4.25. The van der Waals surface area contributed by atoms with Crippen molar-refractivity contribution in [1.82, 2.24) is 9.88 Å². The number of aromatic nitrogens is 1. The lowest BCUT2D eigenvalue weighted by Gasteiger charge is -2.37. The molecule has 0 saturated carbocycles. The molecule has 62 heavy (non-hydrogen) atoms. The molecular weight excluding hydrogens is 797 g/mol. The Hall–Kier alpha value is -6.21. The van der Waals surface area contributed by atoms with Crippen LogP contribution in [0.1, 0.15) is 35.6 Å². The van der Waals surface area contributed by atoms with Gasteiger partial charge in [0.1, 0.15) is 11.5 Å². The molecule has 11 nitrogen and oxygen atoms in total. The average Bonchev–Trinajstić information content (AvgIpc) is 3.90. The van der Waals surface area contributed by atoms with Crippen LogP contribution in [0.25, 0.3) is 10.9 Å². The fraction of sp³-hybridized carbons (Fsp3) is 0.300. The van der Waals surface area contributed by atoms with Crippen LogP contribution in [0.5, 0.6) is 11.5 Å². The van der Waals surface area contributed by atoms with Crippen molar-refractivity contribution in [3.05, 3.63) is 150 Å². The quantitative estimate of drug-likeness (QED) is 0.0910. The molecule has 1 fully saturated rings. The van der Waals surface area contributed by atoms with E-state index in [-0.39, 0.29) is 61.7 Å². The molecule has 320 valence electrons. The number of rotatable bonds is 15. The third-order valence-electron chi connectivity index (χ3n) is 13.0. The first-order chi connectivity index (χ1) is 30.0. The van der Waals surface area contributed by atoms with Gasteiger partial charge in [0.05, 0.1) is 60.1 Å². The Balaban J connectivity index is 1.10. The van der Waals surface area contributed by atoms with Crippen LogP contribution in [0.3, 0.4) is 0 Å². The van der Waals surface area contributed by atoms with E-state index in [1.807, 2.05) is 115 Å². The summed E-state index contributed by atoms with van der Waals surface area (Å²) in [6, 6.07) is 39.0. The van der Waals surface area contributed by atoms with Crippen molar-refractivity contribution in [2.45, 2.75) is 63.2 Å². The Labute approximate surface area is 363 Å². The number of methoxy groups -OCH3 is 2. The van der Waals surface area contributed by atoms with Crippen LogP contribution in [-0.2, 0) is 44.2 Å². The molecule has 5 aromatic carbocycles. The lowest BCUT2D eigenvalue weighted by molar-refractivity contribution is -0.150. The van der Waals surface area contributed by atoms with E-state index in [0.717, 1.165) is 44.2 Å². The molecule has 1 aromatic heterocycles. The smallest absolute Gasteiger partial charge is 0.264 e. The van der Waals surface area contributed by atoms with Crippen LogP contribution >= 0.6 is 0 Å². The molecule has 0 radical (unpaired) electrons. The summed E-state index contributed by atoms with van der Waals surface area (Å²) >= 11 is 0. The first-order valence-electron chi connectivity index (χ1n) is 21.2. The second-order valence-electron chi connectivity index (χ2n) is 16.9. The number of hydrogen-bond donors (Lipinski definition) is 3. The zero-order chi connectivity index (χ0) is 43.6. The summed E-state index contributed by atoms with van der Waals surface area (Å²) in [5.74, 6) is 0.534.